The molecule has 3 aromatic rings. The topological polar surface area (TPSA) is 72.8 Å². The van der Waals surface area contributed by atoms with Crippen LogP contribution >= 0.6 is 11.3 Å². The second kappa shape index (κ2) is 8.39. The Morgan fingerprint density at radius 2 is 2.06 bits per heavy atom. The van der Waals surface area contributed by atoms with Crippen molar-refractivity contribution in [2.75, 3.05) is 0 Å². The average molecular weight is 481 g/mol. The summed E-state index contributed by atoms with van der Waals surface area (Å²) in [6.07, 6.45) is 6.17. The molecule has 3 aliphatic carbocycles. The third-order valence-corrected chi connectivity index (χ3v) is 7.81. The van der Waals surface area contributed by atoms with Crippen molar-refractivity contribution in [3.63, 3.8) is 0 Å². The normalized spacial score (nSPS) is 21.4. The van der Waals surface area contributed by atoms with Crippen molar-refractivity contribution in [1.29, 1.82) is 0 Å². The van der Waals surface area contributed by atoms with E-state index in [4.69, 9.17) is 5.10 Å². The molecule has 1 heterocycles. The predicted octanol–water partition coefficient (Wildman–Crippen LogP) is 6.46. The van der Waals surface area contributed by atoms with Crippen LogP contribution in [0.1, 0.15) is 26.7 Å². The van der Waals surface area contributed by atoms with E-state index in [9.17, 15) is 18.9 Å². The van der Waals surface area contributed by atoms with Gasteiger partial charge in [0, 0.05) is 29.1 Å². The number of hydrogen-bond donors (Lipinski definition) is 0. The molecule has 0 saturated heterocycles. The molecular formula is C25H22F2N4O2S. The molecule has 2 unspecified atom stereocenters. The molecule has 2 aromatic carbocycles. The summed E-state index contributed by atoms with van der Waals surface area (Å²) in [7, 11) is 0. The molecule has 9 heteroatoms. The molecule has 3 aliphatic rings. The summed E-state index contributed by atoms with van der Waals surface area (Å²) >= 11 is 1.22. The lowest BCUT2D eigenvalue weighted by atomic mass is 9.49. The smallest absolute Gasteiger partial charge is 0.258 e. The van der Waals surface area contributed by atoms with Gasteiger partial charge in [-0.05, 0) is 47.8 Å². The summed E-state index contributed by atoms with van der Waals surface area (Å²) in [5, 5.41) is 17.8. The van der Waals surface area contributed by atoms with E-state index in [1.165, 1.54) is 29.5 Å². The van der Waals surface area contributed by atoms with E-state index in [-0.39, 0.29) is 16.8 Å². The van der Waals surface area contributed by atoms with E-state index in [0.29, 0.717) is 27.9 Å². The standard InChI is InChI=1S/C25H22F2N4O2S/c1-25(2)17-7-6-16(20(25)11-17)13-28-30-23(15-4-3-5-19(10-15)31(32)33)14-34-24(30)29-22-9-8-18(26)12-21(22)27/h3-6,8-10,12-14,17,20H,7,11H2,1-2H3. The second-order valence-corrected chi connectivity index (χ2v) is 10.1. The number of non-ortho nitro benzene ring substituents is 1. The first-order valence-corrected chi connectivity index (χ1v) is 11.8. The maximum atomic E-state index is 14.3. The molecule has 6 nitrogen and oxygen atoms in total. The summed E-state index contributed by atoms with van der Waals surface area (Å²) in [5.41, 5.74) is 2.49. The van der Waals surface area contributed by atoms with Gasteiger partial charge in [-0.3, -0.25) is 10.1 Å². The molecule has 1 aromatic heterocycles. The van der Waals surface area contributed by atoms with Gasteiger partial charge >= 0.3 is 0 Å². The first kappa shape index (κ1) is 22.3. The highest BCUT2D eigenvalue weighted by Gasteiger charge is 2.50. The Kier molecular flexibility index (Phi) is 5.51. The van der Waals surface area contributed by atoms with E-state index in [1.54, 1.807) is 22.2 Å². The van der Waals surface area contributed by atoms with Crippen molar-refractivity contribution in [3.8, 4) is 11.3 Å². The van der Waals surface area contributed by atoms with Crippen LogP contribution in [0.5, 0.6) is 0 Å². The number of nitrogens with zero attached hydrogens (tertiary/aromatic N) is 4. The third kappa shape index (κ3) is 3.90. The van der Waals surface area contributed by atoms with Gasteiger partial charge in [0.1, 0.15) is 11.5 Å². The summed E-state index contributed by atoms with van der Waals surface area (Å²) in [4.78, 5) is 15.6. The summed E-state index contributed by atoms with van der Waals surface area (Å²) in [6, 6.07) is 9.45. The monoisotopic (exact) mass is 480 g/mol. The average Bonchev–Trinajstić information content (AvgIpc) is 3.22. The lowest BCUT2D eigenvalue weighted by Gasteiger charge is -2.55. The summed E-state index contributed by atoms with van der Waals surface area (Å²) in [5.74, 6) is -0.351. The molecule has 0 N–H and O–H groups in total. The van der Waals surface area contributed by atoms with Gasteiger partial charge < -0.3 is 0 Å². The summed E-state index contributed by atoms with van der Waals surface area (Å²) in [6.45, 7) is 4.55. The van der Waals surface area contributed by atoms with Crippen molar-refractivity contribution >= 4 is 28.9 Å². The van der Waals surface area contributed by atoms with Gasteiger partial charge in [-0.25, -0.2) is 18.4 Å². The number of nitro groups is 1. The highest BCUT2D eigenvalue weighted by molar-refractivity contribution is 7.07. The zero-order valence-electron chi connectivity index (χ0n) is 18.6. The Hall–Kier alpha value is -3.46. The first-order valence-electron chi connectivity index (χ1n) is 10.9. The molecule has 2 atom stereocenters. The lowest BCUT2D eigenvalue weighted by molar-refractivity contribution is -0.384. The number of allylic oxidation sites excluding steroid dienone is 2. The van der Waals surface area contributed by atoms with Gasteiger partial charge in [-0.2, -0.15) is 5.10 Å². The Balaban J connectivity index is 1.62. The Labute approximate surface area is 198 Å². The molecule has 34 heavy (non-hydrogen) atoms. The number of rotatable bonds is 5. The number of benzene rings is 2. The number of nitro benzene ring substituents is 1. The predicted molar refractivity (Wildman–Crippen MR) is 128 cm³/mol. The zero-order valence-corrected chi connectivity index (χ0v) is 19.4. The van der Waals surface area contributed by atoms with Crippen molar-refractivity contribution in [1.82, 2.24) is 4.68 Å². The van der Waals surface area contributed by atoms with E-state index in [1.807, 2.05) is 6.21 Å². The largest absolute Gasteiger partial charge is 0.270 e. The van der Waals surface area contributed by atoms with Crippen molar-refractivity contribution in [2.24, 2.45) is 27.3 Å². The fourth-order valence-electron chi connectivity index (χ4n) is 4.81. The Morgan fingerprint density at radius 3 is 2.76 bits per heavy atom. The van der Waals surface area contributed by atoms with Crippen LogP contribution < -0.4 is 4.80 Å². The van der Waals surface area contributed by atoms with Gasteiger partial charge in [-0.15, -0.1) is 11.3 Å². The van der Waals surface area contributed by atoms with Crippen LogP contribution in [0.4, 0.5) is 20.2 Å². The Bertz CT molecular complexity index is 1420. The van der Waals surface area contributed by atoms with E-state index in [2.05, 4.69) is 24.9 Å². The molecule has 0 radical (unpaired) electrons. The van der Waals surface area contributed by atoms with E-state index >= 15 is 0 Å². The number of halogens is 2. The molecule has 2 bridgehead atoms. The lowest BCUT2D eigenvalue weighted by Crippen LogP contribution is -2.48. The Morgan fingerprint density at radius 1 is 1.24 bits per heavy atom. The molecule has 6 rings (SSSR count). The van der Waals surface area contributed by atoms with E-state index < -0.39 is 16.6 Å². The second-order valence-electron chi connectivity index (χ2n) is 9.22. The van der Waals surface area contributed by atoms with Crippen molar-refractivity contribution in [3.05, 3.63) is 86.0 Å². The number of aromatic nitrogens is 1. The van der Waals surface area contributed by atoms with Crippen LogP contribution in [0.3, 0.4) is 0 Å². The molecule has 1 fully saturated rings. The quantitative estimate of drug-likeness (QED) is 0.239. The fourth-order valence-corrected chi connectivity index (χ4v) is 5.66. The van der Waals surface area contributed by atoms with Crippen LogP contribution in [-0.4, -0.2) is 15.8 Å². The first-order chi connectivity index (χ1) is 16.2. The van der Waals surface area contributed by atoms with Gasteiger partial charge in [0.15, 0.2) is 5.82 Å². The van der Waals surface area contributed by atoms with E-state index in [0.717, 1.165) is 30.5 Å². The molecule has 0 aliphatic heterocycles. The molecule has 174 valence electrons. The van der Waals surface area contributed by atoms with Crippen LogP contribution in [0, 0.1) is 39.0 Å². The highest BCUT2D eigenvalue weighted by atomic mass is 32.1. The molecule has 0 amide bonds. The minimum Gasteiger partial charge on any atom is -0.258 e. The van der Waals surface area contributed by atoms with Crippen LogP contribution in [0.25, 0.3) is 11.3 Å². The van der Waals surface area contributed by atoms with Crippen LogP contribution in [-0.2, 0) is 0 Å². The summed E-state index contributed by atoms with van der Waals surface area (Å²) < 4.78 is 29.2. The maximum Gasteiger partial charge on any atom is 0.270 e. The van der Waals surface area contributed by atoms with Gasteiger partial charge in [-0.1, -0.05) is 32.1 Å². The van der Waals surface area contributed by atoms with Crippen molar-refractivity contribution in [2.45, 2.75) is 26.7 Å². The number of hydrogen-bond acceptors (Lipinski definition) is 5. The van der Waals surface area contributed by atoms with Crippen LogP contribution in [0.15, 0.2) is 69.6 Å². The minimum absolute atomic E-state index is 0.0161. The fraction of sp³-hybridized carbons (Fsp3) is 0.280. The molecular weight excluding hydrogens is 458 g/mol. The van der Waals surface area contributed by atoms with Gasteiger partial charge in [0.05, 0.1) is 16.8 Å². The minimum atomic E-state index is -0.780. The SMILES string of the molecule is CC1(C)C2CC=C(C=Nn3c(-c4cccc([N+](=O)[O-])c4)csc3=Nc3ccc(F)cc3F)C1C2. The maximum absolute atomic E-state index is 14.3. The van der Waals surface area contributed by atoms with Crippen molar-refractivity contribution < 1.29 is 13.7 Å². The highest BCUT2D eigenvalue weighted by Crippen LogP contribution is 2.58. The number of fused-ring (bicyclic) bond motifs is 1. The van der Waals surface area contributed by atoms with Gasteiger partial charge in [0.2, 0.25) is 4.80 Å². The zero-order chi connectivity index (χ0) is 24.0. The van der Waals surface area contributed by atoms with Crippen LogP contribution in [0.2, 0.25) is 0 Å². The molecule has 1 saturated carbocycles. The molecule has 0 spiro atoms. The van der Waals surface area contributed by atoms with Gasteiger partial charge in [0.25, 0.3) is 5.69 Å². The third-order valence-electron chi connectivity index (χ3n) is 7.00. The number of thiazole rings is 1.